The summed E-state index contributed by atoms with van der Waals surface area (Å²) in [6.07, 6.45) is 9.41. The van der Waals surface area contributed by atoms with Crippen molar-refractivity contribution in [1.82, 2.24) is 4.90 Å². The van der Waals surface area contributed by atoms with Gasteiger partial charge in [-0.2, -0.15) is 0 Å². The van der Waals surface area contributed by atoms with Crippen LogP contribution in [0.25, 0.3) is 17.2 Å². The number of hydrogen-bond acceptors (Lipinski definition) is 3. The first-order chi connectivity index (χ1) is 15.1. The third-order valence-corrected chi connectivity index (χ3v) is 6.64. The topological polar surface area (TPSA) is 41.9 Å². The molecule has 1 aliphatic heterocycles. The minimum absolute atomic E-state index is 0.176. The highest BCUT2D eigenvalue weighted by Gasteiger charge is 2.32. The molecule has 4 nitrogen and oxygen atoms in total. The van der Waals surface area contributed by atoms with Crippen molar-refractivity contribution < 1.29 is 9.53 Å². The van der Waals surface area contributed by atoms with Crippen LogP contribution in [0.2, 0.25) is 0 Å². The molecule has 4 heteroatoms. The molecule has 2 aliphatic rings. The molecule has 0 unspecified atom stereocenters. The minimum Gasteiger partial charge on any atom is -0.490 e. The third-order valence-electron chi connectivity index (χ3n) is 6.64. The molecular weight excluding hydrogens is 384 g/mol. The number of likely N-dealkylation sites (tertiary alicyclic amines) is 1. The number of benzene rings is 2. The summed E-state index contributed by atoms with van der Waals surface area (Å²) in [6, 6.07) is 12.5. The molecule has 0 bridgehead atoms. The minimum atomic E-state index is 0.176. The van der Waals surface area contributed by atoms with Crippen LogP contribution >= 0.6 is 0 Å². The fraction of sp³-hybridized carbons (Fsp3) is 0.407. The van der Waals surface area contributed by atoms with E-state index in [0.717, 1.165) is 72.5 Å². The van der Waals surface area contributed by atoms with E-state index in [0.29, 0.717) is 5.91 Å². The lowest BCUT2D eigenvalue weighted by molar-refractivity contribution is -0.140. The standard InChI is InChI=1S/C27H32N2O2/c1-4-6-21-11-14-25(19(2)26(21)28-3)20-9-12-23(13-10-20)31-24-15-17-29(18-16-24)27(30)22-7-5-8-22/h4,6,9-14,22,24H,3,5,7-8,15-18H2,1-2H3/b6-4-. The average Bonchev–Trinajstić information content (AvgIpc) is 2.74. The van der Waals surface area contributed by atoms with Crippen LogP contribution in [0.5, 0.6) is 5.75 Å². The van der Waals surface area contributed by atoms with Crippen molar-refractivity contribution in [2.75, 3.05) is 13.1 Å². The normalized spacial score (nSPS) is 17.5. The number of nitrogens with zero attached hydrogens (tertiary/aromatic N) is 2. The number of carbonyl (C=O) groups is 1. The predicted octanol–water partition coefficient (Wildman–Crippen LogP) is 6.20. The van der Waals surface area contributed by atoms with E-state index in [1.54, 1.807) is 0 Å². The molecule has 162 valence electrons. The van der Waals surface area contributed by atoms with Crippen LogP contribution in [0, 0.1) is 12.8 Å². The number of aliphatic imine (C=N–C) groups is 1. The number of rotatable bonds is 6. The van der Waals surface area contributed by atoms with Crippen molar-refractivity contribution in [3.63, 3.8) is 0 Å². The molecule has 0 aromatic heterocycles. The molecule has 2 aromatic rings. The van der Waals surface area contributed by atoms with E-state index >= 15 is 0 Å². The number of allylic oxidation sites excluding steroid dienone is 1. The summed E-state index contributed by atoms with van der Waals surface area (Å²) >= 11 is 0. The average molecular weight is 417 g/mol. The SMILES string of the molecule is C=Nc1c(/C=C\C)ccc(-c2ccc(OC3CCN(C(=O)C4CCC4)CC3)cc2)c1C. The van der Waals surface area contributed by atoms with Gasteiger partial charge in [0.1, 0.15) is 11.9 Å². The zero-order valence-electron chi connectivity index (χ0n) is 18.6. The van der Waals surface area contributed by atoms with Crippen molar-refractivity contribution in [3.8, 4) is 16.9 Å². The number of piperidine rings is 1. The maximum atomic E-state index is 12.4. The second-order valence-corrected chi connectivity index (χ2v) is 8.63. The van der Waals surface area contributed by atoms with Gasteiger partial charge in [0.25, 0.3) is 0 Å². The highest BCUT2D eigenvalue weighted by atomic mass is 16.5. The van der Waals surface area contributed by atoms with E-state index in [-0.39, 0.29) is 12.0 Å². The maximum Gasteiger partial charge on any atom is 0.225 e. The van der Waals surface area contributed by atoms with Gasteiger partial charge >= 0.3 is 0 Å². The van der Waals surface area contributed by atoms with Crippen LogP contribution < -0.4 is 4.74 Å². The van der Waals surface area contributed by atoms with Crippen molar-refractivity contribution in [2.45, 2.75) is 52.1 Å². The lowest BCUT2D eigenvalue weighted by Gasteiger charge is -2.36. The van der Waals surface area contributed by atoms with Crippen molar-refractivity contribution in [3.05, 3.63) is 53.6 Å². The molecule has 1 heterocycles. The zero-order valence-corrected chi connectivity index (χ0v) is 18.6. The Labute approximate surface area is 185 Å². The lowest BCUT2D eigenvalue weighted by Crippen LogP contribution is -2.45. The summed E-state index contributed by atoms with van der Waals surface area (Å²) in [6.45, 7) is 9.48. The van der Waals surface area contributed by atoms with Crippen molar-refractivity contribution in [1.29, 1.82) is 0 Å². The molecular formula is C27H32N2O2. The van der Waals surface area contributed by atoms with Crippen LogP contribution in [0.15, 0.2) is 47.5 Å². The summed E-state index contributed by atoms with van der Waals surface area (Å²) in [5.41, 5.74) is 5.44. The number of carbonyl (C=O) groups excluding carboxylic acids is 1. The van der Waals surface area contributed by atoms with E-state index < -0.39 is 0 Å². The second kappa shape index (κ2) is 9.51. The fourth-order valence-electron chi connectivity index (χ4n) is 4.57. The summed E-state index contributed by atoms with van der Waals surface area (Å²) in [7, 11) is 0. The molecule has 1 amide bonds. The first-order valence-electron chi connectivity index (χ1n) is 11.4. The van der Waals surface area contributed by atoms with E-state index in [1.807, 2.05) is 30.0 Å². The van der Waals surface area contributed by atoms with Crippen molar-refractivity contribution >= 4 is 24.4 Å². The van der Waals surface area contributed by atoms with Crippen molar-refractivity contribution in [2.24, 2.45) is 10.9 Å². The maximum absolute atomic E-state index is 12.4. The molecule has 0 radical (unpaired) electrons. The van der Waals surface area contributed by atoms with E-state index in [2.05, 4.69) is 49.0 Å². The smallest absolute Gasteiger partial charge is 0.225 e. The van der Waals surface area contributed by atoms with E-state index in [9.17, 15) is 4.79 Å². The molecule has 31 heavy (non-hydrogen) atoms. The van der Waals surface area contributed by atoms with Crippen LogP contribution in [0.3, 0.4) is 0 Å². The Morgan fingerprint density at radius 3 is 2.39 bits per heavy atom. The van der Waals surface area contributed by atoms with Gasteiger partial charge in [-0.1, -0.05) is 42.8 Å². The largest absolute Gasteiger partial charge is 0.490 e. The van der Waals surface area contributed by atoms with Crippen LogP contribution in [-0.2, 0) is 4.79 Å². The molecule has 1 saturated heterocycles. The van der Waals surface area contributed by atoms with Gasteiger partial charge in [-0.25, -0.2) is 0 Å². The summed E-state index contributed by atoms with van der Waals surface area (Å²) < 4.78 is 6.23. The van der Waals surface area contributed by atoms with Gasteiger partial charge in [0.2, 0.25) is 5.91 Å². The Balaban J connectivity index is 1.39. The monoisotopic (exact) mass is 416 g/mol. The Kier molecular flexibility index (Phi) is 6.55. The van der Waals surface area contributed by atoms with Gasteiger partial charge in [-0.3, -0.25) is 9.79 Å². The quantitative estimate of drug-likeness (QED) is 0.526. The van der Waals surface area contributed by atoms with Gasteiger partial charge in [0.15, 0.2) is 0 Å². The first kappa shape index (κ1) is 21.4. The highest BCUT2D eigenvalue weighted by Crippen LogP contribution is 2.35. The molecule has 0 N–H and O–H groups in total. The highest BCUT2D eigenvalue weighted by molar-refractivity contribution is 5.80. The van der Waals surface area contributed by atoms with E-state index in [4.69, 9.17) is 4.74 Å². The number of hydrogen-bond donors (Lipinski definition) is 0. The molecule has 2 fully saturated rings. The summed E-state index contributed by atoms with van der Waals surface area (Å²) in [5.74, 6) is 1.54. The zero-order chi connectivity index (χ0) is 21.8. The van der Waals surface area contributed by atoms with Gasteiger partial charge in [0.05, 0.1) is 5.69 Å². The molecule has 4 rings (SSSR count). The molecule has 1 saturated carbocycles. The Bertz CT molecular complexity index is 965. The van der Waals surface area contributed by atoms with Gasteiger partial charge in [-0.15, -0.1) is 0 Å². The molecule has 1 aliphatic carbocycles. The van der Waals surface area contributed by atoms with Crippen LogP contribution in [0.4, 0.5) is 5.69 Å². The summed E-state index contributed by atoms with van der Waals surface area (Å²) in [4.78, 5) is 18.7. The number of amides is 1. The molecule has 2 aromatic carbocycles. The Morgan fingerprint density at radius 2 is 1.81 bits per heavy atom. The summed E-state index contributed by atoms with van der Waals surface area (Å²) in [5, 5.41) is 0. The fourth-order valence-corrected chi connectivity index (χ4v) is 4.57. The molecule has 0 spiro atoms. The van der Waals surface area contributed by atoms with E-state index in [1.165, 1.54) is 6.42 Å². The second-order valence-electron chi connectivity index (χ2n) is 8.63. The van der Waals surface area contributed by atoms with Gasteiger partial charge in [-0.05, 0) is 62.2 Å². The first-order valence-corrected chi connectivity index (χ1v) is 11.4. The third kappa shape index (κ3) is 4.58. The molecule has 0 atom stereocenters. The Hall–Kier alpha value is -2.88. The Morgan fingerprint density at radius 1 is 1.10 bits per heavy atom. The van der Waals surface area contributed by atoms with Gasteiger partial charge < -0.3 is 9.64 Å². The predicted molar refractivity (Wildman–Crippen MR) is 128 cm³/mol. The van der Waals surface area contributed by atoms with Crippen LogP contribution in [-0.4, -0.2) is 36.7 Å². The number of ether oxygens (including phenoxy) is 1. The van der Waals surface area contributed by atoms with Crippen LogP contribution in [0.1, 0.15) is 50.2 Å². The lowest BCUT2D eigenvalue weighted by atomic mass is 9.84. The van der Waals surface area contributed by atoms with Gasteiger partial charge in [0, 0.05) is 37.4 Å².